The normalized spacial score (nSPS) is 16.8. The van der Waals surface area contributed by atoms with Crippen LogP contribution in [0.2, 0.25) is 5.02 Å². The summed E-state index contributed by atoms with van der Waals surface area (Å²) >= 11 is 10.5. The van der Waals surface area contributed by atoms with Crippen LogP contribution in [0, 0.1) is 0 Å². The van der Waals surface area contributed by atoms with E-state index in [-0.39, 0.29) is 5.75 Å². The Morgan fingerprint density at radius 1 is 0.886 bits per heavy atom. The molecule has 35 heavy (non-hydrogen) atoms. The van der Waals surface area contributed by atoms with E-state index in [9.17, 15) is 5.11 Å². The molecule has 0 saturated carbocycles. The summed E-state index contributed by atoms with van der Waals surface area (Å²) in [7, 11) is 4.22. The number of allylic oxidation sites excluding steroid dienone is 2. The molecule has 2 aliphatic rings. The first-order valence-corrected chi connectivity index (χ1v) is 13.3. The number of phenolic OH excluding ortho intramolecular Hbond substituents is 1. The lowest BCUT2D eigenvalue weighted by Gasteiger charge is -2.18. The second kappa shape index (κ2) is 7.62. The number of thiazole rings is 1. The molecule has 7 rings (SSSR count). The smallest absolute Gasteiger partial charge is 0.270 e. The van der Waals surface area contributed by atoms with Gasteiger partial charge < -0.3 is 10.0 Å². The molecule has 0 bridgehead atoms. The van der Waals surface area contributed by atoms with Crippen LogP contribution in [0.15, 0.2) is 88.8 Å². The number of aromatic hydroxyl groups is 1. The van der Waals surface area contributed by atoms with Crippen molar-refractivity contribution in [3.05, 3.63) is 105 Å². The predicted molar refractivity (Wildman–Crippen MR) is 148 cm³/mol. The molecule has 1 aromatic heterocycles. The summed E-state index contributed by atoms with van der Waals surface area (Å²) in [6, 6.07) is 24.9. The number of thioether (sulfide) groups is 1. The third kappa shape index (κ3) is 2.89. The van der Waals surface area contributed by atoms with E-state index in [1.54, 1.807) is 23.1 Å². The second-order valence-corrected chi connectivity index (χ2v) is 11.2. The highest BCUT2D eigenvalue weighted by atomic mass is 35.5. The molecule has 3 nitrogen and oxygen atoms in total. The van der Waals surface area contributed by atoms with Crippen LogP contribution in [-0.2, 0) is 7.05 Å². The van der Waals surface area contributed by atoms with Gasteiger partial charge in [-0.2, -0.15) is 4.57 Å². The molecule has 0 radical (unpaired) electrons. The van der Waals surface area contributed by atoms with Gasteiger partial charge in [0.25, 0.3) is 5.01 Å². The molecule has 0 amide bonds. The summed E-state index contributed by atoms with van der Waals surface area (Å²) in [6.45, 7) is 0. The molecule has 5 aromatic rings. The maximum atomic E-state index is 11.1. The van der Waals surface area contributed by atoms with Crippen molar-refractivity contribution in [1.82, 2.24) is 0 Å². The van der Waals surface area contributed by atoms with E-state index in [0.717, 1.165) is 43.1 Å². The van der Waals surface area contributed by atoms with Crippen LogP contribution in [-0.4, -0.2) is 12.2 Å². The Labute approximate surface area is 216 Å². The standard InChI is InChI=1S/C29H19ClN2OS2/c1-31-20-11-5-7-13-22(20)34-28(31)18-15-19(29-32(2)21-12-6-8-14-23(21)35-29)25-24(18)16-9-3-4-10-17(16)27(33)26(25)30/h3-15H,1-2H3/p+1. The van der Waals surface area contributed by atoms with Crippen molar-refractivity contribution in [2.24, 2.45) is 7.05 Å². The van der Waals surface area contributed by atoms with E-state index < -0.39 is 0 Å². The van der Waals surface area contributed by atoms with Gasteiger partial charge in [0.05, 0.1) is 21.3 Å². The third-order valence-electron chi connectivity index (χ3n) is 6.89. The van der Waals surface area contributed by atoms with Gasteiger partial charge in [-0.05, 0) is 29.7 Å². The largest absolute Gasteiger partial charge is 0.506 e. The molecule has 0 atom stereocenters. The highest BCUT2D eigenvalue weighted by Crippen LogP contribution is 2.55. The van der Waals surface area contributed by atoms with Crippen LogP contribution < -0.4 is 9.47 Å². The van der Waals surface area contributed by atoms with Crippen LogP contribution in [0.1, 0.15) is 16.1 Å². The number of halogens is 1. The maximum absolute atomic E-state index is 11.1. The Hall–Kier alpha value is -3.25. The summed E-state index contributed by atoms with van der Waals surface area (Å²) in [6.07, 6.45) is 2.26. The average Bonchev–Trinajstić information content (AvgIpc) is 3.54. The molecular weight excluding hydrogens is 492 g/mol. The summed E-state index contributed by atoms with van der Waals surface area (Å²) in [5.74, 6) is 0.137. The first kappa shape index (κ1) is 21.1. The molecule has 0 unspecified atom stereocenters. The topological polar surface area (TPSA) is 27.4 Å². The van der Waals surface area contributed by atoms with E-state index in [4.69, 9.17) is 11.6 Å². The number of nitrogens with zero attached hydrogens (tertiary/aromatic N) is 2. The fraction of sp³-hybridized carbons (Fsp3) is 0.0690. The lowest BCUT2D eigenvalue weighted by Crippen LogP contribution is -2.30. The molecule has 1 N–H and O–H groups in total. The van der Waals surface area contributed by atoms with Gasteiger partial charge in [-0.25, -0.2) is 0 Å². The van der Waals surface area contributed by atoms with Gasteiger partial charge in [0, 0.05) is 40.1 Å². The second-order valence-electron chi connectivity index (χ2n) is 8.80. The van der Waals surface area contributed by atoms with Gasteiger partial charge in [-0.1, -0.05) is 83.2 Å². The zero-order valence-corrected chi connectivity index (χ0v) is 21.4. The zero-order chi connectivity index (χ0) is 23.8. The number of rotatable bonds is 1. The lowest BCUT2D eigenvalue weighted by molar-refractivity contribution is -0.642. The van der Waals surface area contributed by atoms with Crippen molar-refractivity contribution in [2.75, 3.05) is 11.9 Å². The Morgan fingerprint density at radius 3 is 2.40 bits per heavy atom. The van der Waals surface area contributed by atoms with Crippen LogP contribution in [0.4, 0.5) is 5.69 Å². The number of benzene rings is 4. The number of phenols is 1. The van der Waals surface area contributed by atoms with Crippen LogP contribution in [0.5, 0.6) is 5.75 Å². The van der Waals surface area contributed by atoms with E-state index in [1.807, 2.05) is 18.2 Å². The molecule has 170 valence electrons. The Kier molecular flexibility index (Phi) is 4.59. The zero-order valence-electron chi connectivity index (χ0n) is 19.0. The SMILES string of the molecule is CN1/C(=C2\C=C(c3sc4ccccc4[n+]3C)c3c(Cl)c(O)c4ccccc4c32)Sc2ccccc21. The van der Waals surface area contributed by atoms with Crippen LogP contribution in [0.25, 0.3) is 32.1 Å². The van der Waals surface area contributed by atoms with E-state index in [2.05, 4.69) is 84.2 Å². The van der Waals surface area contributed by atoms with Gasteiger partial charge in [-0.15, -0.1) is 0 Å². The Bertz CT molecular complexity index is 1780. The van der Waals surface area contributed by atoms with Gasteiger partial charge in [0.1, 0.15) is 17.5 Å². The van der Waals surface area contributed by atoms with Crippen molar-refractivity contribution in [3.8, 4) is 5.75 Å². The third-order valence-corrected chi connectivity index (χ3v) is 9.77. The van der Waals surface area contributed by atoms with Crippen LogP contribution >= 0.6 is 34.7 Å². The predicted octanol–water partition coefficient (Wildman–Crippen LogP) is 7.59. The molecule has 1 aliphatic heterocycles. The number of aromatic nitrogens is 1. The molecule has 1 aliphatic carbocycles. The number of aryl methyl sites for hydroxylation is 1. The summed E-state index contributed by atoms with van der Waals surface area (Å²) in [5, 5.41) is 15.6. The molecule has 0 saturated heterocycles. The van der Waals surface area contributed by atoms with Crippen LogP contribution in [0.3, 0.4) is 0 Å². The monoisotopic (exact) mass is 511 g/mol. The first-order chi connectivity index (χ1) is 17.0. The number of fused-ring (bicyclic) bond motifs is 5. The fourth-order valence-corrected chi connectivity index (χ4v) is 7.86. The fourth-order valence-electron chi connectivity index (χ4n) is 5.22. The quantitative estimate of drug-likeness (QED) is 0.235. The summed E-state index contributed by atoms with van der Waals surface area (Å²) in [5.41, 5.74) is 6.54. The molecule has 0 fully saturated rings. The van der Waals surface area contributed by atoms with Crippen molar-refractivity contribution < 1.29 is 9.67 Å². The Balaban J connectivity index is 1.59. The van der Waals surface area contributed by atoms with Crippen molar-refractivity contribution in [3.63, 3.8) is 0 Å². The number of hydrogen-bond acceptors (Lipinski definition) is 4. The lowest BCUT2D eigenvalue weighted by atomic mass is 9.95. The average molecular weight is 512 g/mol. The minimum atomic E-state index is 0.137. The highest BCUT2D eigenvalue weighted by Gasteiger charge is 2.36. The maximum Gasteiger partial charge on any atom is 0.270 e. The van der Waals surface area contributed by atoms with Gasteiger partial charge >= 0.3 is 0 Å². The number of anilines is 1. The minimum Gasteiger partial charge on any atom is -0.506 e. The highest BCUT2D eigenvalue weighted by molar-refractivity contribution is 8.04. The molecular formula is C29H20ClN2OS2+. The van der Waals surface area contributed by atoms with Gasteiger partial charge in [0.15, 0.2) is 0 Å². The van der Waals surface area contributed by atoms with Crippen molar-refractivity contribution >= 4 is 72.5 Å². The minimum absolute atomic E-state index is 0.137. The van der Waals surface area contributed by atoms with E-state index in [1.165, 1.54) is 20.8 Å². The van der Waals surface area contributed by atoms with Gasteiger partial charge in [-0.3, -0.25) is 0 Å². The molecule has 0 spiro atoms. The van der Waals surface area contributed by atoms with Crippen molar-refractivity contribution in [2.45, 2.75) is 4.90 Å². The van der Waals surface area contributed by atoms with E-state index >= 15 is 0 Å². The summed E-state index contributed by atoms with van der Waals surface area (Å²) in [4.78, 5) is 3.50. The number of para-hydroxylation sites is 2. The molecule has 4 aromatic carbocycles. The summed E-state index contributed by atoms with van der Waals surface area (Å²) < 4.78 is 3.45. The van der Waals surface area contributed by atoms with Crippen molar-refractivity contribution in [1.29, 1.82) is 0 Å². The van der Waals surface area contributed by atoms with E-state index in [0.29, 0.717) is 5.02 Å². The Morgan fingerprint density at radius 2 is 1.60 bits per heavy atom. The van der Waals surface area contributed by atoms with Gasteiger partial charge in [0.2, 0.25) is 5.52 Å². The number of hydrogen-bond donors (Lipinski definition) is 1. The molecule has 2 heterocycles. The first-order valence-electron chi connectivity index (χ1n) is 11.3. The molecule has 6 heteroatoms.